The molecule has 5 nitrogen and oxygen atoms in total. The molecule has 3 aromatic rings. The fourth-order valence-electron chi connectivity index (χ4n) is 3.94. The van der Waals surface area contributed by atoms with Crippen LogP contribution < -0.4 is 21.7 Å². The van der Waals surface area contributed by atoms with Crippen LogP contribution in [0.25, 0.3) is 21.5 Å². The first kappa shape index (κ1) is 23.2. The minimum Gasteiger partial charge on any atom is -0.356 e. The smallest absolute Gasteiger partial charge is 0.224 e. The van der Waals surface area contributed by atoms with Gasteiger partial charge >= 0.3 is 0 Å². The Hall–Kier alpha value is -2.47. The molecule has 0 atom stereocenters. The van der Waals surface area contributed by atoms with Crippen LogP contribution in [0.2, 0.25) is 0 Å². The van der Waals surface area contributed by atoms with Gasteiger partial charge in [0, 0.05) is 6.54 Å². The van der Waals surface area contributed by atoms with E-state index in [-0.39, 0.29) is 5.91 Å². The molecule has 0 fully saturated rings. The molecule has 0 saturated carbocycles. The van der Waals surface area contributed by atoms with Crippen molar-refractivity contribution in [3.63, 3.8) is 0 Å². The highest BCUT2D eigenvalue weighted by atomic mass is 16.1. The van der Waals surface area contributed by atoms with Crippen LogP contribution in [0, 0.1) is 0 Å². The van der Waals surface area contributed by atoms with Crippen molar-refractivity contribution < 1.29 is 4.79 Å². The fraction of sp³-hybridized carbons (Fsp3) is 0.423. The van der Waals surface area contributed by atoms with Crippen LogP contribution in [0.4, 0.5) is 0 Å². The van der Waals surface area contributed by atoms with Crippen molar-refractivity contribution in [1.82, 2.24) is 16.0 Å². The lowest BCUT2D eigenvalue weighted by Gasteiger charge is -2.12. The summed E-state index contributed by atoms with van der Waals surface area (Å²) >= 11 is 0. The van der Waals surface area contributed by atoms with E-state index < -0.39 is 0 Å². The molecular weight excluding hydrogens is 384 g/mol. The molecule has 3 aromatic carbocycles. The lowest BCUT2D eigenvalue weighted by atomic mass is 9.94. The molecular formula is C26H36N4O. The molecule has 0 unspecified atom stereocenters. The van der Waals surface area contributed by atoms with Crippen molar-refractivity contribution in [3.8, 4) is 0 Å². The zero-order valence-electron chi connectivity index (χ0n) is 18.5. The first-order chi connectivity index (χ1) is 15.3. The van der Waals surface area contributed by atoms with Gasteiger partial charge in [0.2, 0.25) is 5.91 Å². The van der Waals surface area contributed by atoms with E-state index in [1.165, 1.54) is 17.2 Å². The summed E-state index contributed by atoms with van der Waals surface area (Å²) < 4.78 is 0. The largest absolute Gasteiger partial charge is 0.356 e. The van der Waals surface area contributed by atoms with Gasteiger partial charge in [-0.05, 0) is 91.6 Å². The standard InChI is InChI=1S/C26H36N4O/c27-13-7-16-28-14-5-6-15-29-17-8-18-30-26(31)20-25-23-11-3-1-9-21(23)19-22-10-2-4-12-24(22)25/h1-4,9-12,19,28-29H,5-8,13-18,20,27H2,(H,30,31). The minimum atomic E-state index is 0.0880. The molecule has 0 spiro atoms. The summed E-state index contributed by atoms with van der Waals surface area (Å²) in [5, 5.41) is 14.6. The second kappa shape index (κ2) is 13.1. The second-order valence-electron chi connectivity index (χ2n) is 8.03. The summed E-state index contributed by atoms with van der Waals surface area (Å²) in [6.45, 7) is 5.48. The zero-order chi connectivity index (χ0) is 21.7. The summed E-state index contributed by atoms with van der Waals surface area (Å²) in [4.78, 5) is 12.6. The highest BCUT2D eigenvalue weighted by Crippen LogP contribution is 2.28. The van der Waals surface area contributed by atoms with Gasteiger partial charge in [-0.1, -0.05) is 48.5 Å². The van der Waals surface area contributed by atoms with E-state index in [0.29, 0.717) is 13.0 Å². The lowest BCUT2D eigenvalue weighted by molar-refractivity contribution is -0.120. The molecule has 5 heteroatoms. The van der Waals surface area contributed by atoms with Gasteiger partial charge in [0.05, 0.1) is 6.42 Å². The number of carbonyl (C=O) groups excluding carboxylic acids is 1. The number of hydrogen-bond acceptors (Lipinski definition) is 4. The molecule has 3 rings (SSSR count). The quantitative estimate of drug-likeness (QED) is 0.238. The average molecular weight is 421 g/mol. The predicted octanol–water partition coefficient (Wildman–Crippen LogP) is 3.35. The summed E-state index contributed by atoms with van der Waals surface area (Å²) in [7, 11) is 0. The molecule has 0 heterocycles. The van der Waals surface area contributed by atoms with Gasteiger partial charge in [0.15, 0.2) is 0 Å². The van der Waals surface area contributed by atoms with Gasteiger partial charge in [-0.15, -0.1) is 0 Å². The van der Waals surface area contributed by atoms with E-state index in [4.69, 9.17) is 5.73 Å². The minimum absolute atomic E-state index is 0.0880. The number of nitrogens with two attached hydrogens (primary N) is 1. The maximum absolute atomic E-state index is 12.6. The van der Waals surface area contributed by atoms with Crippen molar-refractivity contribution in [2.75, 3.05) is 39.3 Å². The van der Waals surface area contributed by atoms with Gasteiger partial charge in [-0.25, -0.2) is 0 Å². The van der Waals surface area contributed by atoms with Crippen LogP contribution in [0.15, 0.2) is 54.6 Å². The first-order valence-electron chi connectivity index (χ1n) is 11.6. The van der Waals surface area contributed by atoms with Crippen LogP contribution in [-0.2, 0) is 11.2 Å². The molecule has 166 valence electrons. The van der Waals surface area contributed by atoms with E-state index in [9.17, 15) is 4.79 Å². The number of benzene rings is 3. The van der Waals surface area contributed by atoms with Gasteiger partial charge in [0.25, 0.3) is 0 Å². The SMILES string of the molecule is NCCCNCCCCNCCCNC(=O)Cc1c2ccccc2cc2ccccc12. The van der Waals surface area contributed by atoms with Crippen molar-refractivity contribution in [3.05, 3.63) is 60.2 Å². The monoisotopic (exact) mass is 420 g/mol. The molecule has 31 heavy (non-hydrogen) atoms. The fourth-order valence-corrected chi connectivity index (χ4v) is 3.94. The third-order valence-corrected chi connectivity index (χ3v) is 5.59. The van der Waals surface area contributed by atoms with Crippen LogP contribution in [-0.4, -0.2) is 45.2 Å². The number of carbonyl (C=O) groups is 1. The summed E-state index contributed by atoms with van der Waals surface area (Å²) in [6, 6.07) is 18.8. The van der Waals surface area contributed by atoms with E-state index in [2.05, 4.69) is 46.3 Å². The van der Waals surface area contributed by atoms with Crippen molar-refractivity contribution in [1.29, 1.82) is 0 Å². The topological polar surface area (TPSA) is 79.2 Å². The number of nitrogens with one attached hydrogen (secondary N) is 3. The number of rotatable bonds is 14. The Morgan fingerprint density at radius 1 is 0.710 bits per heavy atom. The molecule has 1 amide bonds. The number of hydrogen-bond donors (Lipinski definition) is 4. The van der Waals surface area contributed by atoms with E-state index in [1.807, 2.05) is 24.3 Å². The van der Waals surface area contributed by atoms with Crippen molar-refractivity contribution in [2.45, 2.75) is 32.1 Å². The Kier molecular flexibility index (Phi) is 9.77. The summed E-state index contributed by atoms with van der Waals surface area (Å²) in [5.74, 6) is 0.0880. The molecule has 0 radical (unpaired) electrons. The Morgan fingerprint density at radius 2 is 1.26 bits per heavy atom. The highest BCUT2D eigenvalue weighted by Gasteiger charge is 2.11. The van der Waals surface area contributed by atoms with E-state index >= 15 is 0 Å². The van der Waals surface area contributed by atoms with E-state index in [0.717, 1.165) is 68.3 Å². The average Bonchev–Trinajstić information content (AvgIpc) is 2.79. The Morgan fingerprint density at radius 3 is 1.87 bits per heavy atom. The predicted molar refractivity (Wildman–Crippen MR) is 131 cm³/mol. The molecule has 0 aliphatic carbocycles. The molecule has 0 aliphatic rings. The first-order valence-corrected chi connectivity index (χ1v) is 11.6. The third kappa shape index (κ3) is 7.31. The lowest BCUT2D eigenvalue weighted by Crippen LogP contribution is -2.29. The molecule has 5 N–H and O–H groups in total. The highest BCUT2D eigenvalue weighted by molar-refractivity contribution is 6.04. The molecule has 0 aromatic heterocycles. The number of amides is 1. The van der Waals surface area contributed by atoms with Crippen molar-refractivity contribution in [2.24, 2.45) is 5.73 Å². The van der Waals surface area contributed by atoms with E-state index in [1.54, 1.807) is 0 Å². The van der Waals surface area contributed by atoms with Gasteiger partial charge in [0.1, 0.15) is 0 Å². The second-order valence-corrected chi connectivity index (χ2v) is 8.03. The van der Waals surface area contributed by atoms with Crippen LogP contribution in [0.5, 0.6) is 0 Å². The van der Waals surface area contributed by atoms with Gasteiger partial charge in [-0.2, -0.15) is 0 Å². The Bertz CT molecular complexity index is 902. The molecule has 0 saturated heterocycles. The van der Waals surface area contributed by atoms with Crippen LogP contribution in [0.3, 0.4) is 0 Å². The van der Waals surface area contributed by atoms with Crippen molar-refractivity contribution >= 4 is 27.5 Å². The van der Waals surface area contributed by atoms with Crippen LogP contribution in [0.1, 0.15) is 31.2 Å². The third-order valence-electron chi connectivity index (χ3n) is 5.59. The maximum Gasteiger partial charge on any atom is 0.224 e. The number of unbranched alkanes of at least 4 members (excludes halogenated alkanes) is 1. The Balaban J connectivity index is 1.38. The maximum atomic E-state index is 12.6. The zero-order valence-corrected chi connectivity index (χ0v) is 18.5. The Labute approximate surface area is 185 Å². The van der Waals surface area contributed by atoms with Gasteiger partial charge in [-0.3, -0.25) is 4.79 Å². The number of fused-ring (bicyclic) bond motifs is 2. The summed E-state index contributed by atoms with van der Waals surface area (Å²) in [6.07, 6.45) is 4.73. The molecule has 0 aliphatic heterocycles. The normalized spacial score (nSPS) is 11.3. The summed E-state index contributed by atoms with van der Waals surface area (Å²) in [5.41, 5.74) is 6.59. The molecule has 0 bridgehead atoms. The van der Waals surface area contributed by atoms with Gasteiger partial charge < -0.3 is 21.7 Å². The van der Waals surface area contributed by atoms with Crippen LogP contribution >= 0.6 is 0 Å².